The summed E-state index contributed by atoms with van der Waals surface area (Å²) in [5, 5.41) is 16.1. The number of H-pyrrole nitrogens is 1. The van der Waals surface area contributed by atoms with Gasteiger partial charge in [0, 0.05) is 74.4 Å². The summed E-state index contributed by atoms with van der Waals surface area (Å²) in [6.07, 6.45) is 4.81. The second-order valence-corrected chi connectivity index (χ2v) is 12.4. The minimum atomic E-state index is -0.666. The van der Waals surface area contributed by atoms with Gasteiger partial charge in [0.1, 0.15) is 11.6 Å². The molecule has 3 fully saturated rings. The summed E-state index contributed by atoms with van der Waals surface area (Å²) in [5.41, 5.74) is 3.43. The van der Waals surface area contributed by atoms with Crippen LogP contribution in [0.2, 0.25) is 0 Å². The summed E-state index contributed by atoms with van der Waals surface area (Å²) >= 11 is 5.51. The van der Waals surface area contributed by atoms with E-state index in [-0.39, 0.29) is 5.69 Å². The van der Waals surface area contributed by atoms with Crippen LogP contribution < -0.4 is 10.2 Å². The number of nitrogens with zero attached hydrogens (tertiary/aromatic N) is 3. The number of morpholine rings is 1. The van der Waals surface area contributed by atoms with Gasteiger partial charge in [0.2, 0.25) is 0 Å². The number of fused-ring (bicyclic) bond motifs is 1. The van der Waals surface area contributed by atoms with E-state index in [0.29, 0.717) is 43.5 Å². The quantitative estimate of drug-likeness (QED) is 0.331. The standard InChI is InChI=1S/C32H41F2N5O3S/c1-41-32(6-10-39(11-7-32)31(43)36-25-17-23(33)16-24(34)18-25)30(40)21-37-8-4-22(5-9-37)28-20-35-29-3-2-26(19-27(28)29)38-12-14-42-15-13-38/h2-3,16-20,22,30,35,40H,4-15,21H2,1H3,(H,36,43). The molecule has 232 valence electrons. The van der Waals surface area contributed by atoms with Gasteiger partial charge in [-0.05, 0) is 92.8 Å². The van der Waals surface area contributed by atoms with Gasteiger partial charge in [-0.15, -0.1) is 0 Å². The van der Waals surface area contributed by atoms with Crippen LogP contribution in [-0.4, -0.2) is 103 Å². The molecule has 0 spiro atoms. The number of aromatic amines is 1. The number of anilines is 2. The number of halogens is 2. The van der Waals surface area contributed by atoms with E-state index >= 15 is 0 Å². The number of piperidine rings is 2. The molecule has 11 heteroatoms. The van der Waals surface area contributed by atoms with E-state index < -0.39 is 23.3 Å². The van der Waals surface area contributed by atoms with Crippen molar-refractivity contribution in [3.05, 3.63) is 59.8 Å². The van der Waals surface area contributed by atoms with Crippen molar-refractivity contribution >= 4 is 39.6 Å². The normalized spacial score (nSPS) is 20.8. The third-order valence-electron chi connectivity index (χ3n) is 9.56. The molecule has 1 aromatic heterocycles. The zero-order valence-corrected chi connectivity index (χ0v) is 25.5. The maximum atomic E-state index is 13.6. The summed E-state index contributed by atoms with van der Waals surface area (Å²) in [7, 11) is 1.67. The molecule has 6 rings (SSSR count). The van der Waals surface area contributed by atoms with Crippen molar-refractivity contribution in [2.45, 2.75) is 43.3 Å². The number of aliphatic hydroxyl groups excluding tert-OH is 1. The molecule has 4 heterocycles. The van der Waals surface area contributed by atoms with Gasteiger partial charge in [-0.25, -0.2) is 8.78 Å². The third-order valence-corrected chi connectivity index (χ3v) is 9.92. The Balaban J connectivity index is 1.02. The van der Waals surface area contributed by atoms with Crippen LogP contribution in [0.4, 0.5) is 20.2 Å². The first kappa shape index (κ1) is 30.2. The van der Waals surface area contributed by atoms with Crippen molar-refractivity contribution in [3.8, 4) is 0 Å². The van der Waals surface area contributed by atoms with E-state index in [1.165, 1.54) is 34.3 Å². The molecule has 0 bridgehead atoms. The van der Waals surface area contributed by atoms with E-state index in [9.17, 15) is 13.9 Å². The lowest BCUT2D eigenvalue weighted by Crippen LogP contribution is -2.57. The molecule has 3 aliphatic rings. The Hall–Kier alpha value is -2.83. The van der Waals surface area contributed by atoms with Crippen molar-refractivity contribution in [1.29, 1.82) is 0 Å². The Bertz CT molecular complexity index is 1390. The number of aliphatic hydroxyl groups is 1. The molecule has 0 amide bonds. The molecule has 3 aromatic rings. The lowest BCUT2D eigenvalue weighted by atomic mass is 9.84. The van der Waals surface area contributed by atoms with E-state index in [0.717, 1.165) is 58.3 Å². The molecule has 0 radical (unpaired) electrons. The van der Waals surface area contributed by atoms with Crippen molar-refractivity contribution in [3.63, 3.8) is 0 Å². The van der Waals surface area contributed by atoms with Gasteiger partial charge in [0.25, 0.3) is 0 Å². The van der Waals surface area contributed by atoms with Crippen molar-refractivity contribution in [2.75, 3.05) is 76.4 Å². The van der Waals surface area contributed by atoms with Gasteiger partial charge in [-0.3, -0.25) is 0 Å². The molecule has 2 aromatic carbocycles. The highest BCUT2D eigenvalue weighted by molar-refractivity contribution is 7.80. The minimum Gasteiger partial charge on any atom is -0.389 e. The first-order chi connectivity index (χ1) is 20.8. The molecule has 0 saturated carbocycles. The Kier molecular flexibility index (Phi) is 9.16. The number of thiocarbonyl (C=S) groups is 1. The SMILES string of the molecule is COC1(C(O)CN2CCC(c3c[nH]c4ccc(N5CCOCC5)cc34)CC2)CCN(C(=S)Nc2cc(F)cc(F)c2)CC1. The molecule has 43 heavy (non-hydrogen) atoms. The van der Waals surface area contributed by atoms with E-state index in [1.807, 2.05) is 4.90 Å². The summed E-state index contributed by atoms with van der Waals surface area (Å²) in [5.74, 6) is -0.843. The van der Waals surface area contributed by atoms with E-state index in [1.54, 1.807) is 7.11 Å². The molecule has 1 atom stereocenters. The van der Waals surface area contributed by atoms with Crippen LogP contribution in [0.5, 0.6) is 0 Å². The topological polar surface area (TPSA) is 76.2 Å². The summed E-state index contributed by atoms with van der Waals surface area (Å²) in [6, 6.07) is 9.98. The number of β-amino-alcohol motifs (C(OH)–C–C–N with tert-alkyl or cyclic N) is 1. The number of methoxy groups -OCH3 is 1. The predicted octanol–water partition coefficient (Wildman–Crippen LogP) is 4.70. The van der Waals surface area contributed by atoms with Crippen LogP contribution in [0.15, 0.2) is 42.6 Å². The first-order valence-corrected chi connectivity index (χ1v) is 15.7. The van der Waals surface area contributed by atoms with Crippen molar-refractivity contribution < 1.29 is 23.4 Å². The molecule has 1 unspecified atom stereocenters. The Morgan fingerprint density at radius 3 is 2.44 bits per heavy atom. The average Bonchev–Trinajstić information content (AvgIpc) is 3.45. The molecule has 3 saturated heterocycles. The van der Waals surface area contributed by atoms with Gasteiger partial charge < -0.3 is 39.6 Å². The second kappa shape index (κ2) is 13.0. The second-order valence-electron chi connectivity index (χ2n) is 12.0. The highest BCUT2D eigenvalue weighted by Crippen LogP contribution is 2.36. The number of benzene rings is 2. The van der Waals surface area contributed by atoms with Gasteiger partial charge >= 0.3 is 0 Å². The smallest absolute Gasteiger partial charge is 0.173 e. The fraction of sp³-hybridized carbons (Fsp3) is 0.531. The number of nitrogens with one attached hydrogen (secondary N) is 2. The average molecular weight is 614 g/mol. The first-order valence-electron chi connectivity index (χ1n) is 15.2. The van der Waals surface area contributed by atoms with Crippen LogP contribution in [0, 0.1) is 11.6 Å². The fourth-order valence-electron chi connectivity index (χ4n) is 6.91. The predicted molar refractivity (Wildman–Crippen MR) is 169 cm³/mol. The molecule has 0 aliphatic carbocycles. The zero-order valence-electron chi connectivity index (χ0n) is 24.7. The van der Waals surface area contributed by atoms with Gasteiger partial charge in [0.05, 0.1) is 24.9 Å². The molecular weight excluding hydrogens is 572 g/mol. The molecular formula is C32H41F2N5O3S. The molecule has 3 aliphatic heterocycles. The maximum Gasteiger partial charge on any atom is 0.173 e. The highest BCUT2D eigenvalue weighted by Gasteiger charge is 2.42. The lowest BCUT2D eigenvalue weighted by Gasteiger charge is -2.46. The van der Waals surface area contributed by atoms with E-state index in [4.69, 9.17) is 21.7 Å². The Labute approximate surface area is 256 Å². The monoisotopic (exact) mass is 613 g/mol. The molecule has 3 N–H and O–H groups in total. The number of rotatable bonds is 7. The summed E-state index contributed by atoms with van der Waals surface area (Å²) in [4.78, 5) is 10.2. The van der Waals surface area contributed by atoms with Crippen LogP contribution in [0.3, 0.4) is 0 Å². The van der Waals surface area contributed by atoms with Gasteiger partial charge in [-0.1, -0.05) is 0 Å². The van der Waals surface area contributed by atoms with Crippen LogP contribution in [-0.2, 0) is 9.47 Å². The molecule has 8 nitrogen and oxygen atoms in total. The largest absolute Gasteiger partial charge is 0.389 e. The third kappa shape index (κ3) is 6.66. The van der Waals surface area contributed by atoms with Crippen LogP contribution >= 0.6 is 12.2 Å². The Morgan fingerprint density at radius 1 is 1.07 bits per heavy atom. The minimum absolute atomic E-state index is 0.277. The van der Waals surface area contributed by atoms with Crippen molar-refractivity contribution in [2.24, 2.45) is 0 Å². The number of aromatic nitrogens is 1. The number of ether oxygens (including phenoxy) is 2. The number of hydrogen-bond acceptors (Lipinski definition) is 6. The van der Waals surface area contributed by atoms with E-state index in [2.05, 4.69) is 44.5 Å². The lowest BCUT2D eigenvalue weighted by molar-refractivity contribution is -0.134. The van der Waals surface area contributed by atoms with Crippen molar-refractivity contribution in [1.82, 2.24) is 14.8 Å². The number of likely N-dealkylation sites (tertiary alicyclic amines) is 2. The van der Waals surface area contributed by atoms with Gasteiger partial charge in [0.15, 0.2) is 5.11 Å². The van der Waals surface area contributed by atoms with Crippen LogP contribution in [0.1, 0.15) is 37.2 Å². The van der Waals surface area contributed by atoms with Gasteiger partial charge in [-0.2, -0.15) is 0 Å². The van der Waals surface area contributed by atoms with Crippen LogP contribution in [0.25, 0.3) is 10.9 Å². The Morgan fingerprint density at radius 2 is 1.77 bits per heavy atom. The highest BCUT2D eigenvalue weighted by atomic mass is 32.1. The number of hydrogen-bond donors (Lipinski definition) is 3. The zero-order chi connectivity index (χ0) is 30.0. The fourth-order valence-corrected chi connectivity index (χ4v) is 7.21. The summed E-state index contributed by atoms with van der Waals surface area (Å²) < 4.78 is 38.7. The maximum absolute atomic E-state index is 13.6. The summed E-state index contributed by atoms with van der Waals surface area (Å²) in [6.45, 7) is 6.93.